The van der Waals surface area contributed by atoms with Crippen LogP contribution in [0, 0.1) is 19.8 Å². The van der Waals surface area contributed by atoms with Gasteiger partial charge in [0.15, 0.2) is 6.10 Å². The van der Waals surface area contributed by atoms with Crippen LogP contribution in [0.3, 0.4) is 0 Å². The van der Waals surface area contributed by atoms with Gasteiger partial charge in [-0.3, -0.25) is 9.59 Å². The first-order valence-corrected chi connectivity index (χ1v) is 9.15. The first kappa shape index (κ1) is 19.3. The number of carbonyl (C=O) groups excluding carboxylic acids is 2. The lowest BCUT2D eigenvalue weighted by Crippen LogP contribution is -2.46. The molecule has 1 fully saturated rings. The van der Waals surface area contributed by atoms with Crippen molar-refractivity contribution in [1.82, 2.24) is 4.90 Å². The number of likely N-dealkylation sites (tertiary alicyclic amines) is 1. The standard InChI is InChI=1S/C20H29NO4/c1-5-17(25-18-13-14(3)7-8-15(18)4)19(22)21-11-9-16(10-12-21)20(23)24-6-2/h7-8,13,16-17H,5-6,9-12H2,1-4H3/t17-/m0/s1. The summed E-state index contributed by atoms with van der Waals surface area (Å²) in [6, 6.07) is 6.01. The van der Waals surface area contributed by atoms with Gasteiger partial charge in [-0.15, -0.1) is 0 Å². The zero-order valence-electron chi connectivity index (χ0n) is 15.7. The number of hydrogen-bond donors (Lipinski definition) is 0. The molecule has 0 saturated carbocycles. The van der Waals surface area contributed by atoms with Crippen LogP contribution in [-0.2, 0) is 14.3 Å². The molecule has 5 heteroatoms. The average Bonchev–Trinajstić information content (AvgIpc) is 2.62. The number of aryl methyl sites for hydroxylation is 2. The third-order valence-corrected chi connectivity index (χ3v) is 4.69. The van der Waals surface area contributed by atoms with Gasteiger partial charge in [0.2, 0.25) is 0 Å². The number of carbonyl (C=O) groups is 2. The summed E-state index contributed by atoms with van der Waals surface area (Å²) in [6.07, 6.45) is 1.44. The molecule has 1 amide bonds. The molecule has 0 N–H and O–H groups in total. The molecule has 1 heterocycles. The van der Waals surface area contributed by atoms with E-state index in [0.717, 1.165) is 16.9 Å². The Morgan fingerprint density at radius 2 is 1.88 bits per heavy atom. The van der Waals surface area contributed by atoms with Gasteiger partial charge in [0.05, 0.1) is 12.5 Å². The van der Waals surface area contributed by atoms with Crippen LogP contribution in [-0.4, -0.2) is 42.6 Å². The Morgan fingerprint density at radius 3 is 2.48 bits per heavy atom. The first-order valence-electron chi connectivity index (χ1n) is 9.15. The lowest BCUT2D eigenvalue weighted by atomic mass is 9.96. The van der Waals surface area contributed by atoms with Gasteiger partial charge in [0.1, 0.15) is 5.75 Å². The fourth-order valence-electron chi connectivity index (χ4n) is 3.10. The summed E-state index contributed by atoms with van der Waals surface area (Å²) in [5, 5.41) is 0. The van der Waals surface area contributed by atoms with Crippen LogP contribution < -0.4 is 4.74 Å². The Balaban J connectivity index is 1.96. The maximum atomic E-state index is 12.8. The Hall–Kier alpha value is -2.04. The van der Waals surface area contributed by atoms with Crippen molar-refractivity contribution in [2.24, 2.45) is 5.92 Å². The smallest absolute Gasteiger partial charge is 0.309 e. The number of amides is 1. The fraction of sp³-hybridized carbons (Fsp3) is 0.600. The number of esters is 1. The minimum atomic E-state index is -0.486. The summed E-state index contributed by atoms with van der Waals surface area (Å²) >= 11 is 0. The van der Waals surface area contributed by atoms with Crippen LogP contribution in [0.4, 0.5) is 0 Å². The summed E-state index contributed by atoms with van der Waals surface area (Å²) in [5.41, 5.74) is 2.14. The van der Waals surface area contributed by atoms with E-state index >= 15 is 0 Å². The summed E-state index contributed by atoms with van der Waals surface area (Å²) in [6.45, 7) is 9.32. The van der Waals surface area contributed by atoms with Gasteiger partial charge < -0.3 is 14.4 Å². The molecule has 0 spiro atoms. The monoisotopic (exact) mass is 347 g/mol. The quantitative estimate of drug-likeness (QED) is 0.741. The van der Waals surface area contributed by atoms with Crippen LogP contribution in [0.25, 0.3) is 0 Å². The minimum absolute atomic E-state index is 0.00529. The van der Waals surface area contributed by atoms with Crippen LogP contribution in [0.1, 0.15) is 44.2 Å². The molecule has 5 nitrogen and oxygen atoms in total. The van der Waals surface area contributed by atoms with E-state index in [1.807, 2.05) is 50.8 Å². The highest BCUT2D eigenvalue weighted by atomic mass is 16.5. The van der Waals surface area contributed by atoms with E-state index in [4.69, 9.17) is 9.47 Å². The SMILES string of the molecule is CCOC(=O)C1CCN(C(=O)[C@H](CC)Oc2cc(C)ccc2C)CC1. The molecule has 0 bridgehead atoms. The van der Waals surface area contributed by atoms with Crippen molar-refractivity contribution >= 4 is 11.9 Å². The summed E-state index contributed by atoms with van der Waals surface area (Å²) in [4.78, 5) is 26.5. The maximum absolute atomic E-state index is 12.8. The molecule has 1 aromatic carbocycles. The Labute approximate surface area is 150 Å². The molecule has 1 saturated heterocycles. The topological polar surface area (TPSA) is 55.8 Å². The van der Waals surface area contributed by atoms with Crippen molar-refractivity contribution in [2.75, 3.05) is 19.7 Å². The fourth-order valence-corrected chi connectivity index (χ4v) is 3.10. The molecule has 2 rings (SSSR count). The molecule has 25 heavy (non-hydrogen) atoms. The number of hydrogen-bond acceptors (Lipinski definition) is 4. The second-order valence-corrected chi connectivity index (χ2v) is 6.64. The number of piperidine rings is 1. The zero-order chi connectivity index (χ0) is 18.4. The van der Waals surface area contributed by atoms with Crippen molar-refractivity contribution in [1.29, 1.82) is 0 Å². The van der Waals surface area contributed by atoms with Crippen molar-refractivity contribution in [2.45, 2.75) is 53.1 Å². The van der Waals surface area contributed by atoms with Gasteiger partial charge in [0, 0.05) is 13.1 Å². The Morgan fingerprint density at radius 1 is 1.20 bits per heavy atom. The maximum Gasteiger partial charge on any atom is 0.309 e. The Kier molecular flexibility index (Phi) is 6.85. The normalized spacial score (nSPS) is 16.4. The molecule has 1 aliphatic heterocycles. The van der Waals surface area contributed by atoms with E-state index in [1.54, 1.807) is 0 Å². The molecule has 0 aromatic heterocycles. The predicted octanol–water partition coefficient (Wildman–Crippen LogP) is 3.26. The highest BCUT2D eigenvalue weighted by Crippen LogP contribution is 2.24. The van der Waals surface area contributed by atoms with Gasteiger partial charge >= 0.3 is 5.97 Å². The van der Waals surface area contributed by atoms with Crippen LogP contribution in [0.2, 0.25) is 0 Å². The molecule has 0 radical (unpaired) electrons. The highest BCUT2D eigenvalue weighted by Gasteiger charge is 2.31. The molecular weight excluding hydrogens is 318 g/mol. The number of nitrogens with zero attached hydrogens (tertiary/aromatic N) is 1. The van der Waals surface area contributed by atoms with Crippen molar-refractivity contribution in [3.05, 3.63) is 29.3 Å². The van der Waals surface area contributed by atoms with Crippen LogP contribution in [0.5, 0.6) is 5.75 Å². The molecular formula is C20H29NO4. The van der Waals surface area contributed by atoms with Crippen molar-refractivity contribution < 1.29 is 19.1 Å². The average molecular weight is 347 g/mol. The number of ether oxygens (including phenoxy) is 2. The summed E-state index contributed by atoms with van der Waals surface area (Å²) in [5.74, 6) is 0.532. The predicted molar refractivity (Wildman–Crippen MR) is 96.6 cm³/mol. The highest BCUT2D eigenvalue weighted by molar-refractivity contribution is 5.82. The van der Waals surface area contributed by atoms with Gasteiger partial charge in [0.25, 0.3) is 5.91 Å². The van der Waals surface area contributed by atoms with Crippen molar-refractivity contribution in [3.8, 4) is 5.75 Å². The summed E-state index contributed by atoms with van der Waals surface area (Å²) in [7, 11) is 0. The van der Waals surface area contributed by atoms with Gasteiger partial charge in [-0.1, -0.05) is 19.1 Å². The molecule has 1 atom stereocenters. The minimum Gasteiger partial charge on any atom is -0.480 e. The van der Waals surface area contributed by atoms with E-state index in [2.05, 4.69) is 0 Å². The number of rotatable bonds is 6. The summed E-state index contributed by atoms with van der Waals surface area (Å²) < 4.78 is 11.1. The van der Waals surface area contributed by atoms with E-state index in [0.29, 0.717) is 39.0 Å². The molecule has 138 valence electrons. The van der Waals surface area contributed by atoms with E-state index in [1.165, 1.54) is 0 Å². The molecule has 1 aliphatic rings. The second kappa shape index (κ2) is 8.88. The van der Waals surface area contributed by atoms with Gasteiger partial charge in [-0.05, 0) is 57.2 Å². The van der Waals surface area contributed by atoms with E-state index < -0.39 is 6.10 Å². The zero-order valence-corrected chi connectivity index (χ0v) is 15.7. The van der Waals surface area contributed by atoms with Crippen LogP contribution in [0.15, 0.2) is 18.2 Å². The Bertz CT molecular complexity index is 606. The third kappa shape index (κ3) is 4.97. The first-order chi connectivity index (χ1) is 12.0. The van der Waals surface area contributed by atoms with E-state index in [-0.39, 0.29) is 17.8 Å². The second-order valence-electron chi connectivity index (χ2n) is 6.64. The van der Waals surface area contributed by atoms with Crippen molar-refractivity contribution in [3.63, 3.8) is 0 Å². The van der Waals surface area contributed by atoms with Crippen LogP contribution >= 0.6 is 0 Å². The third-order valence-electron chi connectivity index (χ3n) is 4.69. The molecule has 0 aliphatic carbocycles. The molecule has 0 unspecified atom stereocenters. The lowest BCUT2D eigenvalue weighted by molar-refractivity contribution is -0.152. The van der Waals surface area contributed by atoms with E-state index in [9.17, 15) is 9.59 Å². The molecule has 1 aromatic rings. The van der Waals surface area contributed by atoms with Gasteiger partial charge in [-0.25, -0.2) is 0 Å². The van der Waals surface area contributed by atoms with Gasteiger partial charge in [-0.2, -0.15) is 0 Å². The number of benzene rings is 1. The largest absolute Gasteiger partial charge is 0.480 e. The lowest BCUT2D eigenvalue weighted by Gasteiger charge is -2.33.